The Balaban J connectivity index is 1.64. The third-order valence-electron chi connectivity index (χ3n) is 5.32. The van der Waals surface area contributed by atoms with Crippen LogP contribution in [-0.4, -0.2) is 28.5 Å². The van der Waals surface area contributed by atoms with Gasteiger partial charge >= 0.3 is 6.03 Å². The summed E-state index contributed by atoms with van der Waals surface area (Å²) in [5, 5.41) is 13.1. The molecule has 3 amide bonds. The van der Waals surface area contributed by atoms with E-state index in [1.807, 2.05) is 24.3 Å². The molecule has 1 saturated heterocycles. The van der Waals surface area contributed by atoms with Crippen molar-refractivity contribution < 1.29 is 23.5 Å². The van der Waals surface area contributed by atoms with Crippen LogP contribution in [0.3, 0.4) is 0 Å². The molecule has 2 atom stereocenters. The van der Waals surface area contributed by atoms with Gasteiger partial charge in [0.15, 0.2) is 0 Å². The fraction of sp³-hybridized carbons (Fsp3) is 0.300. The van der Waals surface area contributed by atoms with E-state index in [4.69, 9.17) is 0 Å². The standard InChI is InChI=1S/C20H18F2N2O3/c21-13-7-8-16(22)14(10-13)17(25)11-24-18(26)20(23-19(24)27)9-3-5-12-4-1-2-6-15(12)20/h1-2,4,6-8,10,17,25H,3,5,9,11H2,(H,23,27). The van der Waals surface area contributed by atoms with Gasteiger partial charge in [0.05, 0.1) is 6.54 Å². The zero-order valence-corrected chi connectivity index (χ0v) is 14.4. The lowest BCUT2D eigenvalue weighted by Gasteiger charge is -2.33. The van der Waals surface area contributed by atoms with E-state index in [9.17, 15) is 23.5 Å². The largest absolute Gasteiger partial charge is 0.386 e. The van der Waals surface area contributed by atoms with E-state index in [0.29, 0.717) is 6.42 Å². The average Bonchev–Trinajstić information content (AvgIpc) is 2.89. The van der Waals surface area contributed by atoms with Crippen molar-refractivity contribution in [1.29, 1.82) is 0 Å². The molecule has 2 unspecified atom stereocenters. The molecule has 0 aromatic heterocycles. The quantitative estimate of drug-likeness (QED) is 0.814. The fourth-order valence-corrected chi connectivity index (χ4v) is 4.02. The van der Waals surface area contributed by atoms with Crippen LogP contribution in [-0.2, 0) is 16.8 Å². The molecule has 0 saturated carbocycles. The van der Waals surface area contributed by atoms with Gasteiger partial charge in [0.2, 0.25) is 0 Å². The second-order valence-corrected chi connectivity index (χ2v) is 6.94. The molecule has 1 fully saturated rings. The monoisotopic (exact) mass is 372 g/mol. The fourth-order valence-electron chi connectivity index (χ4n) is 4.02. The van der Waals surface area contributed by atoms with Crippen molar-refractivity contribution in [1.82, 2.24) is 10.2 Å². The van der Waals surface area contributed by atoms with Crippen molar-refractivity contribution in [3.63, 3.8) is 0 Å². The number of nitrogens with zero attached hydrogens (tertiary/aromatic N) is 1. The lowest BCUT2D eigenvalue weighted by molar-refractivity contribution is -0.133. The summed E-state index contributed by atoms with van der Waals surface area (Å²) >= 11 is 0. The molecule has 0 bridgehead atoms. The number of imide groups is 1. The topological polar surface area (TPSA) is 69.6 Å². The number of hydrogen-bond donors (Lipinski definition) is 2. The summed E-state index contributed by atoms with van der Waals surface area (Å²) in [4.78, 5) is 26.5. The zero-order chi connectivity index (χ0) is 19.2. The number of nitrogens with one attached hydrogen (secondary N) is 1. The first kappa shape index (κ1) is 17.6. The summed E-state index contributed by atoms with van der Waals surface area (Å²) in [6.45, 7) is -0.449. The first-order valence-electron chi connectivity index (χ1n) is 8.78. The lowest BCUT2D eigenvalue weighted by Crippen LogP contribution is -2.46. The van der Waals surface area contributed by atoms with E-state index in [1.165, 1.54) is 0 Å². The van der Waals surface area contributed by atoms with Gasteiger partial charge in [-0.15, -0.1) is 0 Å². The Kier molecular flexibility index (Phi) is 4.19. The number of aryl methyl sites for hydroxylation is 1. The number of aliphatic hydroxyl groups is 1. The van der Waals surface area contributed by atoms with Crippen molar-refractivity contribution in [2.24, 2.45) is 0 Å². The highest BCUT2D eigenvalue weighted by Gasteiger charge is 2.54. The SMILES string of the molecule is O=C1NC2(CCCc3ccccc32)C(=O)N1CC(O)c1cc(F)ccc1F. The van der Waals surface area contributed by atoms with Crippen molar-refractivity contribution in [3.05, 3.63) is 70.8 Å². The summed E-state index contributed by atoms with van der Waals surface area (Å²) in [5.41, 5.74) is 0.298. The Bertz CT molecular complexity index is 933. The summed E-state index contributed by atoms with van der Waals surface area (Å²) in [6.07, 6.45) is 0.482. The molecule has 2 aromatic rings. The molecule has 140 valence electrons. The number of amides is 3. The molecule has 5 nitrogen and oxygen atoms in total. The molecular weight excluding hydrogens is 354 g/mol. The van der Waals surface area contributed by atoms with E-state index in [0.717, 1.165) is 47.1 Å². The Morgan fingerprint density at radius 2 is 1.96 bits per heavy atom. The van der Waals surface area contributed by atoms with Crippen LogP contribution in [0, 0.1) is 11.6 Å². The number of hydrogen-bond acceptors (Lipinski definition) is 3. The first-order valence-corrected chi connectivity index (χ1v) is 8.78. The highest BCUT2D eigenvalue weighted by Crippen LogP contribution is 2.40. The number of halogens is 2. The smallest absolute Gasteiger partial charge is 0.325 e. The molecule has 1 aliphatic carbocycles. The van der Waals surface area contributed by atoms with Crippen LogP contribution in [0.4, 0.5) is 13.6 Å². The maximum atomic E-state index is 13.9. The molecule has 2 aromatic carbocycles. The highest BCUT2D eigenvalue weighted by atomic mass is 19.1. The lowest BCUT2D eigenvalue weighted by atomic mass is 9.76. The van der Waals surface area contributed by atoms with Gasteiger partial charge in [0.25, 0.3) is 5.91 Å². The second kappa shape index (κ2) is 6.42. The summed E-state index contributed by atoms with van der Waals surface area (Å²) in [5.74, 6) is -1.98. The van der Waals surface area contributed by atoms with Crippen LogP contribution in [0.5, 0.6) is 0 Å². The van der Waals surface area contributed by atoms with Gasteiger partial charge in [-0.1, -0.05) is 24.3 Å². The van der Waals surface area contributed by atoms with Crippen LogP contribution in [0.1, 0.15) is 35.6 Å². The number of benzene rings is 2. The first-order chi connectivity index (χ1) is 12.9. The minimum Gasteiger partial charge on any atom is -0.386 e. The molecule has 1 spiro atoms. The van der Waals surface area contributed by atoms with E-state index >= 15 is 0 Å². The normalized spacial score (nSPS) is 22.7. The Labute approximate surface area is 154 Å². The molecule has 7 heteroatoms. The van der Waals surface area contributed by atoms with Crippen LogP contribution in [0.2, 0.25) is 0 Å². The van der Waals surface area contributed by atoms with Crippen LogP contribution < -0.4 is 5.32 Å². The van der Waals surface area contributed by atoms with Gasteiger partial charge in [0, 0.05) is 5.56 Å². The molecule has 27 heavy (non-hydrogen) atoms. The van der Waals surface area contributed by atoms with Gasteiger partial charge < -0.3 is 10.4 Å². The maximum Gasteiger partial charge on any atom is 0.325 e. The zero-order valence-electron chi connectivity index (χ0n) is 14.4. The van der Waals surface area contributed by atoms with E-state index < -0.39 is 41.8 Å². The Hall–Kier alpha value is -2.80. The number of carbonyl (C=O) groups is 2. The van der Waals surface area contributed by atoms with Gasteiger partial charge in [0.1, 0.15) is 23.3 Å². The van der Waals surface area contributed by atoms with Gasteiger partial charge in [-0.2, -0.15) is 0 Å². The average molecular weight is 372 g/mol. The summed E-state index contributed by atoms with van der Waals surface area (Å²) in [7, 11) is 0. The van der Waals surface area contributed by atoms with E-state index in [2.05, 4.69) is 5.32 Å². The number of β-amino-alcohol motifs (C(OH)–C–C–N with tert-alkyl or cyclic N) is 1. The van der Waals surface area contributed by atoms with Crippen molar-refractivity contribution in [3.8, 4) is 0 Å². The summed E-state index contributed by atoms with van der Waals surface area (Å²) < 4.78 is 27.3. The number of fused-ring (bicyclic) bond motifs is 2. The molecule has 1 heterocycles. The van der Waals surface area contributed by atoms with E-state index in [-0.39, 0.29) is 5.56 Å². The Morgan fingerprint density at radius 3 is 2.78 bits per heavy atom. The van der Waals surface area contributed by atoms with Gasteiger partial charge in [-0.05, 0) is 48.6 Å². The number of aliphatic hydroxyl groups excluding tert-OH is 1. The summed E-state index contributed by atoms with van der Waals surface area (Å²) in [6, 6.07) is 9.50. The molecular formula is C20H18F2N2O3. The van der Waals surface area contributed by atoms with Crippen LogP contribution in [0.25, 0.3) is 0 Å². The third-order valence-corrected chi connectivity index (χ3v) is 5.32. The molecule has 1 aliphatic heterocycles. The second-order valence-electron chi connectivity index (χ2n) is 6.94. The molecule has 2 aliphatic rings. The molecule has 2 N–H and O–H groups in total. The molecule has 0 radical (unpaired) electrons. The maximum absolute atomic E-state index is 13.9. The van der Waals surface area contributed by atoms with Gasteiger partial charge in [-0.25, -0.2) is 13.6 Å². The predicted molar refractivity (Wildman–Crippen MR) is 92.6 cm³/mol. The van der Waals surface area contributed by atoms with Crippen molar-refractivity contribution >= 4 is 11.9 Å². The number of rotatable bonds is 3. The minimum absolute atomic E-state index is 0.291. The highest BCUT2D eigenvalue weighted by molar-refractivity contribution is 6.07. The van der Waals surface area contributed by atoms with Crippen LogP contribution >= 0.6 is 0 Å². The van der Waals surface area contributed by atoms with Crippen LogP contribution in [0.15, 0.2) is 42.5 Å². The Morgan fingerprint density at radius 1 is 1.19 bits per heavy atom. The van der Waals surface area contributed by atoms with Crippen molar-refractivity contribution in [2.45, 2.75) is 30.9 Å². The minimum atomic E-state index is -1.52. The van der Waals surface area contributed by atoms with Crippen molar-refractivity contribution in [2.75, 3.05) is 6.54 Å². The molecule has 4 rings (SSSR count). The van der Waals surface area contributed by atoms with E-state index in [1.54, 1.807) is 0 Å². The van der Waals surface area contributed by atoms with Gasteiger partial charge in [-0.3, -0.25) is 9.69 Å². The number of urea groups is 1. The number of carbonyl (C=O) groups excluding carboxylic acids is 2. The predicted octanol–water partition coefficient (Wildman–Crippen LogP) is 2.78. The third kappa shape index (κ3) is 2.78.